The Morgan fingerprint density at radius 1 is 1.10 bits per heavy atom. The predicted octanol–water partition coefficient (Wildman–Crippen LogP) is 5.09. The summed E-state index contributed by atoms with van der Waals surface area (Å²) in [6.45, 7) is 0. The summed E-state index contributed by atoms with van der Waals surface area (Å²) >= 11 is 0. The number of esters is 1. The van der Waals surface area contributed by atoms with Crippen LogP contribution in [-0.4, -0.2) is 38.3 Å². The van der Waals surface area contributed by atoms with Crippen molar-refractivity contribution in [2.24, 2.45) is 5.92 Å². The number of carbonyl (C=O) groups is 2. The first kappa shape index (κ1) is 26.1. The van der Waals surface area contributed by atoms with Crippen LogP contribution in [0.3, 0.4) is 0 Å². The molecule has 39 heavy (non-hydrogen) atoms. The van der Waals surface area contributed by atoms with Crippen molar-refractivity contribution < 1.29 is 27.5 Å². The fourth-order valence-corrected chi connectivity index (χ4v) is 5.02. The number of halogens is 3. The van der Waals surface area contributed by atoms with Crippen LogP contribution in [0.2, 0.25) is 0 Å². The van der Waals surface area contributed by atoms with Crippen LogP contribution in [0.4, 0.5) is 24.8 Å². The van der Waals surface area contributed by atoms with Gasteiger partial charge in [-0.1, -0.05) is 18.6 Å². The summed E-state index contributed by atoms with van der Waals surface area (Å²) in [5.74, 6) is -0.190. The third kappa shape index (κ3) is 5.27. The maximum absolute atomic E-state index is 13.0. The van der Waals surface area contributed by atoms with Crippen LogP contribution in [0.5, 0.6) is 0 Å². The number of pyridine rings is 1. The highest BCUT2D eigenvalue weighted by molar-refractivity contribution is 6.04. The van der Waals surface area contributed by atoms with E-state index in [0.29, 0.717) is 23.2 Å². The molecule has 5 rings (SSSR count). The van der Waals surface area contributed by atoms with Crippen LogP contribution in [0.15, 0.2) is 55.0 Å². The van der Waals surface area contributed by atoms with Gasteiger partial charge < -0.3 is 15.8 Å². The fraction of sp³-hybridized carbons (Fsp3) is 0.296. The first-order valence-corrected chi connectivity index (χ1v) is 12.3. The van der Waals surface area contributed by atoms with Crippen molar-refractivity contribution in [1.29, 1.82) is 0 Å². The first-order valence-electron chi connectivity index (χ1n) is 12.3. The van der Waals surface area contributed by atoms with Gasteiger partial charge >= 0.3 is 12.1 Å². The van der Waals surface area contributed by atoms with E-state index < -0.39 is 17.6 Å². The molecule has 1 aliphatic carbocycles. The number of aromatic nitrogens is 4. The van der Waals surface area contributed by atoms with Crippen LogP contribution >= 0.6 is 0 Å². The number of rotatable bonds is 5. The Morgan fingerprint density at radius 2 is 1.87 bits per heavy atom. The molecule has 3 heterocycles. The largest absolute Gasteiger partial charge is 0.469 e. The highest BCUT2D eigenvalue weighted by atomic mass is 19.4. The summed E-state index contributed by atoms with van der Waals surface area (Å²) in [7, 11) is 1.39. The molecule has 2 atom stereocenters. The second-order valence-electron chi connectivity index (χ2n) is 9.39. The van der Waals surface area contributed by atoms with E-state index in [1.54, 1.807) is 36.7 Å². The maximum Gasteiger partial charge on any atom is 0.416 e. The van der Waals surface area contributed by atoms with Crippen molar-refractivity contribution >= 4 is 29.0 Å². The average Bonchev–Trinajstić information content (AvgIpc) is 3.33. The topological polar surface area (TPSA) is 124 Å². The zero-order chi connectivity index (χ0) is 27.7. The van der Waals surface area contributed by atoms with E-state index in [9.17, 15) is 22.8 Å². The number of nitrogens with zero attached hydrogens (tertiary/aromatic N) is 4. The highest BCUT2D eigenvalue weighted by Crippen LogP contribution is 2.39. The summed E-state index contributed by atoms with van der Waals surface area (Å²) in [6.07, 6.45) is 2.90. The third-order valence-corrected chi connectivity index (χ3v) is 6.93. The van der Waals surface area contributed by atoms with E-state index in [4.69, 9.17) is 15.5 Å². The number of carbonyl (C=O) groups excluding carboxylic acids is 2. The maximum atomic E-state index is 13.0. The Kier molecular flexibility index (Phi) is 6.94. The number of methoxy groups -OCH3 is 1. The number of alkyl halides is 3. The first-order chi connectivity index (χ1) is 18.7. The Morgan fingerprint density at radius 3 is 2.59 bits per heavy atom. The van der Waals surface area contributed by atoms with Gasteiger partial charge in [-0.15, -0.1) is 0 Å². The van der Waals surface area contributed by atoms with Crippen molar-refractivity contribution in [2.75, 3.05) is 18.2 Å². The Balaban J connectivity index is 1.43. The number of amides is 1. The number of benzene rings is 1. The van der Waals surface area contributed by atoms with Crippen LogP contribution in [0.1, 0.15) is 53.3 Å². The van der Waals surface area contributed by atoms with Gasteiger partial charge in [0.1, 0.15) is 28.7 Å². The van der Waals surface area contributed by atoms with Crippen LogP contribution in [0.25, 0.3) is 16.8 Å². The van der Waals surface area contributed by atoms with Crippen LogP contribution < -0.4 is 11.1 Å². The van der Waals surface area contributed by atoms with Crippen molar-refractivity contribution in [3.63, 3.8) is 0 Å². The number of hydrogen-bond donors (Lipinski definition) is 2. The highest BCUT2D eigenvalue weighted by Gasteiger charge is 2.32. The van der Waals surface area contributed by atoms with Gasteiger partial charge in [0, 0.05) is 35.6 Å². The SMILES string of the molecule is COC(=O)[C@H]1CCC[C@@H](c2nc(-c3ccc(C(=O)Nc4cc(C(F)(F)F)ccn4)cc3)c3c(N)nccn23)C1. The van der Waals surface area contributed by atoms with E-state index >= 15 is 0 Å². The van der Waals surface area contributed by atoms with Gasteiger partial charge in [-0.05, 0) is 43.5 Å². The summed E-state index contributed by atoms with van der Waals surface area (Å²) in [6, 6.07) is 8.07. The van der Waals surface area contributed by atoms with Crippen LogP contribution in [-0.2, 0) is 15.7 Å². The Labute approximate surface area is 221 Å². The second kappa shape index (κ2) is 10.4. The number of ether oxygens (including phenoxy) is 1. The zero-order valence-electron chi connectivity index (χ0n) is 20.9. The van der Waals surface area contributed by atoms with E-state index in [2.05, 4.69) is 15.3 Å². The number of nitrogens with one attached hydrogen (secondary N) is 1. The Bertz CT molecular complexity index is 1530. The standard InChI is InChI=1S/C27H25F3N6O3/c1-39-26(38)18-4-2-3-17(13-18)24-35-21(22-23(31)33-11-12-36(22)24)15-5-7-16(8-6-15)25(37)34-20-14-19(9-10-32-20)27(28,29)30/h5-12,14,17-18H,2-4,13H2,1H3,(H2,31,33)(H,32,34,37)/t17-,18+/m1/s1. The smallest absolute Gasteiger partial charge is 0.416 e. The van der Waals surface area contributed by atoms with Gasteiger partial charge in [0.25, 0.3) is 5.91 Å². The minimum Gasteiger partial charge on any atom is -0.469 e. The lowest BCUT2D eigenvalue weighted by molar-refractivity contribution is -0.146. The summed E-state index contributed by atoms with van der Waals surface area (Å²) in [5.41, 5.74) is 7.41. The van der Waals surface area contributed by atoms with Gasteiger partial charge in [-0.25, -0.2) is 15.0 Å². The molecule has 202 valence electrons. The normalized spacial score (nSPS) is 17.6. The van der Waals surface area contributed by atoms with Gasteiger partial charge in [-0.3, -0.25) is 14.0 Å². The predicted molar refractivity (Wildman–Crippen MR) is 137 cm³/mol. The van der Waals surface area contributed by atoms with Crippen molar-refractivity contribution in [1.82, 2.24) is 19.4 Å². The molecule has 0 radical (unpaired) electrons. The lowest BCUT2D eigenvalue weighted by Crippen LogP contribution is -2.24. The lowest BCUT2D eigenvalue weighted by atomic mass is 9.81. The molecule has 0 saturated heterocycles. The van der Waals surface area contributed by atoms with Crippen molar-refractivity contribution in [3.05, 3.63) is 71.9 Å². The molecule has 0 unspecified atom stereocenters. The second-order valence-corrected chi connectivity index (χ2v) is 9.39. The Hall–Kier alpha value is -4.48. The molecule has 0 bridgehead atoms. The van der Waals surface area contributed by atoms with Crippen molar-refractivity contribution in [2.45, 2.75) is 37.8 Å². The number of nitrogen functional groups attached to an aromatic ring is 1. The molecule has 0 spiro atoms. The molecule has 1 amide bonds. The van der Waals surface area contributed by atoms with Gasteiger partial charge in [-0.2, -0.15) is 13.2 Å². The van der Waals surface area contributed by atoms with Crippen molar-refractivity contribution in [3.8, 4) is 11.3 Å². The van der Waals surface area contributed by atoms with Gasteiger partial charge in [0.15, 0.2) is 0 Å². The summed E-state index contributed by atoms with van der Waals surface area (Å²) in [4.78, 5) is 37.8. The summed E-state index contributed by atoms with van der Waals surface area (Å²) in [5, 5.41) is 2.40. The van der Waals surface area contributed by atoms with Gasteiger partial charge in [0.05, 0.1) is 18.6 Å². The zero-order valence-corrected chi connectivity index (χ0v) is 20.9. The fourth-order valence-electron chi connectivity index (χ4n) is 5.02. The molecule has 1 aliphatic rings. The van der Waals surface area contributed by atoms with E-state index in [1.165, 1.54) is 7.11 Å². The number of nitrogens with two attached hydrogens (primary N) is 1. The molecule has 9 nitrogen and oxygen atoms in total. The number of hydrogen-bond acceptors (Lipinski definition) is 7. The lowest BCUT2D eigenvalue weighted by Gasteiger charge is -2.26. The summed E-state index contributed by atoms with van der Waals surface area (Å²) < 4.78 is 45.8. The van der Waals surface area contributed by atoms with E-state index in [1.807, 2.05) is 4.40 Å². The molecule has 12 heteroatoms. The quantitative estimate of drug-likeness (QED) is 0.339. The minimum atomic E-state index is -4.55. The third-order valence-electron chi connectivity index (χ3n) is 6.93. The molecule has 3 N–H and O–H groups in total. The average molecular weight is 539 g/mol. The molecule has 0 aliphatic heterocycles. The molecule has 1 fully saturated rings. The van der Waals surface area contributed by atoms with Crippen LogP contribution in [0, 0.1) is 5.92 Å². The number of anilines is 2. The van der Waals surface area contributed by atoms with E-state index in [0.717, 1.165) is 43.4 Å². The molecule has 4 aromatic rings. The molecular formula is C27H25F3N6O3. The molecule has 3 aromatic heterocycles. The minimum absolute atomic E-state index is 0.0101. The number of fused-ring (bicyclic) bond motifs is 1. The van der Waals surface area contributed by atoms with E-state index in [-0.39, 0.29) is 35.0 Å². The molecule has 1 saturated carbocycles. The monoisotopic (exact) mass is 538 g/mol. The van der Waals surface area contributed by atoms with Gasteiger partial charge in [0.2, 0.25) is 0 Å². The molecular weight excluding hydrogens is 513 g/mol. The molecule has 1 aromatic carbocycles. The number of imidazole rings is 1.